The molecule has 2 heterocycles. The molecule has 0 radical (unpaired) electrons. The van der Waals surface area contributed by atoms with Gasteiger partial charge in [-0.2, -0.15) is 0 Å². The molecule has 4 aromatic rings. The van der Waals surface area contributed by atoms with Gasteiger partial charge in [-0.1, -0.05) is 54.6 Å². The Labute approximate surface area is 234 Å². The molecule has 1 fully saturated rings. The molecule has 0 unspecified atom stereocenters. The first-order chi connectivity index (χ1) is 19.1. The molecule has 1 aliphatic carbocycles. The Morgan fingerprint density at radius 3 is 2.27 bits per heavy atom. The fourth-order valence-corrected chi connectivity index (χ4v) is 5.21. The van der Waals surface area contributed by atoms with Gasteiger partial charge in [0.25, 0.3) is 5.91 Å². The van der Waals surface area contributed by atoms with Gasteiger partial charge in [-0.3, -0.25) is 14.0 Å². The molecular weight excluding hydrogens is 504 g/mol. The third-order valence-electron chi connectivity index (χ3n) is 7.31. The number of amides is 2. The Bertz CT molecular complexity index is 1510. The minimum absolute atomic E-state index is 0.214. The van der Waals surface area contributed by atoms with Gasteiger partial charge >= 0.3 is 6.09 Å². The number of pyridine rings is 1. The third kappa shape index (κ3) is 5.31. The topological polar surface area (TPSA) is 85.2 Å². The van der Waals surface area contributed by atoms with Crippen LogP contribution in [-0.2, 0) is 15.1 Å². The summed E-state index contributed by atoms with van der Waals surface area (Å²) in [5.74, 6) is -0.214. The lowest BCUT2D eigenvalue weighted by atomic mass is 9.71. The van der Waals surface area contributed by atoms with E-state index in [0.717, 1.165) is 53.0 Å². The van der Waals surface area contributed by atoms with E-state index >= 15 is 0 Å². The molecule has 1 N–H and O–H groups in total. The van der Waals surface area contributed by atoms with Gasteiger partial charge in [-0.15, -0.1) is 0 Å². The number of ether oxygens (including phenoxy) is 1. The molecule has 2 aromatic heterocycles. The zero-order valence-electron chi connectivity index (χ0n) is 23.7. The largest absolute Gasteiger partial charge is 0.444 e. The van der Waals surface area contributed by atoms with Crippen LogP contribution in [0.25, 0.3) is 28.2 Å². The molecule has 1 saturated carbocycles. The van der Waals surface area contributed by atoms with E-state index in [9.17, 15) is 9.59 Å². The first kappa shape index (κ1) is 27.4. The van der Waals surface area contributed by atoms with Crippen molar-refractivity contribution in [2.45, 2.75) is 58.1 Å². The van der Waals surface area contributed by atoms with Gasteiger partial charge in [0.2, 0.25) is 0 Å². The lowest BCUT2D eigenvalue weighted by molar-refractivity contribution is -0.0915. The molecule has 0 bridgehead atoms. The second kappa shape index (κ2) is 10.8. The van der Waals surface area contributed by atoms with Crippen LogP contribution in [0.3, 0.4) is 0 Å². The zero-order valence-corrected chi connectivity index (χ0v) is 23.7. The summed E-state index contributed by atoms with van der Waals surface area (Å²) in [6.45, 7) is 7.90. The van der Waals surface area contributed by atoms with Crippen LogP contribution >= 0.6 is 0 Å². The molecule has 1 aliphatic rings. The van der Waals surface area contributed by atoms with E-state index < -0.39 is 17.2 Å². The van der Waals surface area contributed by atoms with Crippen molar-refractivity contribution in [1.29, 1.82) is 0 Å². The Hall–Kier alpha value is -4.17. The number of hydroxylamine groups is 2. The summed E-state index contributed by atoms with van der Waals surface area (Å²) in [5, 5.41) is 4.45. The quantitative estimate of drug-likeness (QED) is 0.267. The van der Waals surface area contributed by atoms with Crippen molar-refractivity contribution in [3.8, 4) is 22.5 Å². The number of carbonyl (C=O) groups is 2. The monoisotopic (exact) mass is 540 g/mol. The SMILES string of the molecule is CCN(OC)C(=O)c1ccc2nc(-c3ccc(C4(NC(=O)OC(C)(C)C)CCC4)cc3)c(-c3ccccc3)n2c1. The maximum absolute atomic E-state index is 13.0. The van der Waals surface area contributed by atoms with Gasteiger partial charge in [0.1, 0.15) is 11.2 Å². The van der Waals surface area contributed by atoms with Crippen molar-refractivity contribution >= 4 is 17.6 Å². The van der Waals surface area contributed by atoms with Gasteiger partial charge < -0.3 is 10.1 Å². The van der Waals surface area contributed by atoms with Crippen molar-refractivity contribution in [1.82, 2.24) is 19.8 Å². The Kier molecular flexibility index (Phi) is 7.38. The molecule has 8 nitrogen and oxygen atoms in total. The molecule has 8 heteroatoms. The Morgan fingerprint density at radius 2 is 1.70 bits per heavy atom. The fourth-order valence-electron chi connectivity index (χ4n) is 5.21. The van der Waals surface area contributed by atoms with E-state index in [-0.39, 0.29) is 5.91 Å². The maximum atomic E-state index is 13.0. The number of nitrogens with one attached hydrogen (secondary N) is 1. The van der Waals surface area contributed by atoms with E-state index in [1.807, 2.05) is 74.7 Å². The summed E-state index contributed by atoms with van der Waals surface area (Å²) in [7, 11) is 1.49. The number of rotatable bonds is 7. The highest BCUT2D eigenvalue weighted by molar-refractivity contribution is 5.94. The molecule has 2 amide bonds. The standard InChI is InChI=1S/C32H36N4O4/c1-6-36(39-5)29(37)24-15-18-26-33-27(28(35(26)21-24)23-11-8-7-9-12-23)22-13-16-25(17-14-22)32(19-10-20-32)34-30(38)40-31(2,3)4/h7-9,11-18,21H,6,10,19-20H2,1-5H3,(H,34,38). The average molecular weight is 541 g/mol. The Morgan fingerprint density at radius 1 is 1.00 bits per heavy atom. The molecule has 0 aliphatic heterocycles. The molecule has 40 heavy (non-hydrogen) atoms. The highest BCUT2D eigenvalue weighted by atomic mass is 16.7. The van der Waals surface area contributed by atoms with Crippen LogP contribution < -0.4 is 5.32 Å². The fraction of sp³-hybridized carbons (Fsp3) is 0.344. The van der Waals surface area contributed by atoms with Gasteiger partial charge in [0.15, 0.2) is 0 Å². The van der Waals surface area contributed by atoms with Gasteiger partial charge in [-0.05, 0) is 64.7 Å². The van der Waals surface area contributed by atoms with Crippen molar-refractivity contribution < 1.29 is 19.2 Å². The first-order valence-electron chi connectivity index (χ1n) is 13.7. The van der Waals surface area contributed by atoms with E-state index in [2.05, 4.69) is 29.6 Å². The van der Waals surface area contributed by atoms with Crippen LogP contribution in [0.4, 0.5) is 4.79 Å². The number of fused-ring (bicyclic) bond motifs is 1. The average Bonchev–Trinajstić information content (AvgIpc) is 3.30. The number of nitrogens with zero attached hydrogens (tertiary/aromatic N) is 3. The highest BCUT2D eigenvalue weighted by Crippen LogP contribution is 2.42. The summed E-state index contributed by atoms with van der Waals surface area (Å²) in [4.78, 5) is 35.8. The van der Waals surface area contributed by atoms with Crippen molar-refractivity contribution in [2.24, 2.45) is 0 Å². The van der Waals surface area contributed by atoms with Crippen LogP contribution in [-0.4, -0.2) is 45.7 Å². The summed E-state index contributed by atoms with van der Waals surface area (Å²) >= 11 is 0. The second-order valence-electron chi connectivity index (χ2n) is 11.1. The molecule has 0 saturated heterocycles. The predicted octanol–water partition coefficient (Wildman–Crippen LogP) is 6.60. The normalized spacial score (nSPS) is 14.4. The highest BCUT2D eigenvalue weighted by Gasteiger charge is 2.41. The lowest BCUT2D eigenvalue weighted by Crippen LogP contribution is -2.52. The number of imidazole rings is 1. The van der Waals surface area contributed by atoms with Gasteiger partial charge in [-0.25, -0.2) is 14.8 Å². The first-order valence-corrected chi connectivity index (χ1v) is 13.7. The van der Waals surface area contributed by atoms with E-state index in [4.69, 9.17) is 14.6 Å². The van der Waals surface area contributed by atoms with Crippen LogP contribution in [0, 0.1) is 0 Å². The smallest absolute Gasteiger partial charge is 0.408 e. The van der Waals surface area contributed by atoms with Gasteiger partial charge in [0.05, 0.1) is 29.6 Å². The number of carbonyl (C=O) groups excluding carboxylic acids is 2. The molecule has 0 spiro atoms. The summed E-state index contributed by atoms with van der Waals surface area (Å²) in [6.07, 6.45) is 4.19. The summed E-state index contributed by atoms with van der Waals surface area (Å²) < 4.78 is 7.50. The number of hydrogen-bond acceptors (Lipinski definition) is 5. The van der Waals surface area contributed by atoms with Crippen LogP contribution in [0.5, 0.6) is 0 Å². The molecule has 208 valence electrons. The number of alkyl carbamates (subject to hydrolysis) is 1. The Balaban J connectivity index is 1.54. The van der Waals surface area contributed by atoms with Crippen molar-refractivity contribution in [3.05, 3.63) is 84.1 Å². The number of hydrogen-bond donors (Lipinski definition) is 1. The van der Waals surface area contributed by atoms with E-state index in [0.29, 0.717) is 12.1 Å². The minimum atomic E-state index is -0.557. The number of benzene rings is 2. The van der Waals surface area contributed by atoms with E-state index in [1.165, 1.54) is 12.2 Å². The van der Waals surface area contributed by atoms with Crippen LogP contribution in [0.15, 0.2) is 72.9 Å². The zero-order chi connectivity index (χ0) is 28.5. The van der Waals surface area contributed by atoms with Gasteiger partial charge in [0, 0.05) is 23.9 Å². The molecule has 5 rings (SSSR count). The molecule has 2 aromatic carbocycles. The van der Waals surface area contributed by atoms with E-state index in [1.54, 1.807) is 6.07 Å². The third-order valence-corrected chi connectivity index (χ3v) is 7.31. The van der Waals surface area contributed by atoms with Crippen LogP contribution in [0.1, 0.15) is 62.9 Å². The van der Waals surface area contributed by atoms with Crippen molar-refractivity contribution in [3.63, 3.8) is 0 Å². The second-order valence-corrected chi connectivity index (χ2v) is 11.1. The molecule has 0 atom stereocenters. The maximum Gasteiger partial charge on any atom is 0.408 e. The van der Waals surface area contributed by atoms with Crippen LogP contribution in [0.2, 0.25) is 0 Å². The predicted molar refractivity (Wildman–Crippen MR) is 155 cm³/mol. The minimum Gasteiger partial charge on any atom is -0.444 e. The molecular formula is C32H36N4O4. The summed E-state index contributed by atoms with van der Waals surface area (Å²) in [5.41, 5.74) is 4.93. The number of aromatic nitrogens is 2. The van der Waals surface area contributed by atoms with Crippen molar-refractivity contribution in [2.75, 3.05) is 13.7 Å². The summed E-state index contributed by atoms with van der Waals surface area (Å²) in [6, 6.07) is 21.9. The lowest BCUT2D eigenvalue weighted by Gasteiger charge is -2.43.